The summed E-state index contributed by atoms with van der Waals surface area (Å²) in [5.74, 6) is -0.384. The fourth-order valence-electron chi connectivity index (χ4n) is 4.19. The molecule has 1 unspecified atom stereocenters. The maximum absolute atomic E-state index is 12.9. The summed E-state index contributed by atoms with van der Waals surface area (Å²) in [6.07, 6.45) is 5.26. The molecule has 1 N–H and O–H groups in total. The monoisotopic (exact) mass is 381 g/mol. The van der Waals surface area contributed by atoms with Gasteiger partial charge in [0.2, 0.25) is 0 Å². The number of amides is 1. The molecule has 1 aromatic carbocycles. The summed E-state index contributed by atoms with van der Waals surface area (Å²) in [7, 11) is 0. The Morgan fingerprint density at radius 3 is 2.68 bits per heavy atom. The first kappa shape index (κ1) is 18.3. The van der Waals surface area contributed by atoms with Crippen molar-refractivity contribution < 1.29 is 23.8 Å². The van der Waals surface area contributed by atoms with Gasteiger partial charge in [-0.1, -0.05) is 25.0 Å². The Kier molecular flexibility index (Phi) is 4.94. The van der Waals surface area contributed by atoms with E-state index in [0.29, 0.717) is 23.7 Å². The van der Waals surface area contributed by atoms with Gasteiger partial charge >= 0.3 is 0 Å². The van der Waals surface area contributed by atoms with Crippen LogP contribution in [0.3, 0.4) is 0 Å². The van der Waals surface area contributed by atoms with Crippen LogP contribution in [0, 0.1) is 0 Å². The maximum Gasteiger partial charge on any atom is 0.296 e. The number of benzene rings is 1. The van der Waals surface area contributed by atoms with E-state index in [4.69, 9.17) is 9.15 Å². The van der Waals surface area contributed by atoms with Crippen LogP contribution in [0.4, 0.5) is 0 Å². The van der Waals surface area contributed by atoms with E-state index in [9.17, 15) is 14.7 Å². The molecule has 2 heterocycles. The lowest BCUT2D eigenvalue weighted by molar-refractivity contribution is -0.141. The molecule has 6 heteroatoms. The number of carbonyl (C=O) groups is 2. The average molecular weight is 381 g/mol. The van der Waals surface area contributed by atoms with Crippen LogP contribution in [0.15, 0.2) is 52.7 Å². The summed E-state index contributed by atoms with van der Waals surface area (Å²) < 4.78 is 11.1. The fourth-order valence-corrected chi connectivity index (χ4v) is 4.19. The molecule has 1 saturated heterocycles. The van der Waals surface area contributed by atoms with E-state index in [1.165, 1.54) is 6.26 Å². The number of rotatable bonds is 5. The summed E-state index contributed by atoms with van der Waals surface area (Å²) in [6.45, 7) is 2.36. The quantitative estimate of drug-likeness (QED) is 0.480. The van der Waals surface area contributed by atoms with Gasteiger partial charge in [-0.2, -0.15) is 0 Å². The number of ketones is 1. The molecule has 0 bridgehead atoms. The van der Waals surface area contributed by atoms with Crippen LogP contribution >= 0.6 is 0 Å². The third kappa shape index (κ3) is 3.09. The highest BCUT2D eigenvalue weighted by atomic mass is 16.5. The predicted octanol–water partition coefficient (Wildman–Crippen LogP) is 4.04. The molecular weight excluding hydrogens is 358 g/mol. The Morgan fingerprint density at radius 1 is 1.21 bits per heavy atom. The number of aliphatic hydroxyl groups excluding tert-OH is 1. The molecule has 146 valence electrons. The number of hydrogen-bond acceptors (Lipinski definition) is 5. The number of ether oxygens (including phenoxy) is 1. The molecular formula is C22H23NO5. The van der Waals surface area contributed by atoms with E-state index in [-0.39, 0.29) is 17.4 Å². The van der Waals surface area contributed by atoms with Gasteiger partial charge < -0.3 is 19.2 Å². The molecule has 1 aliphatic carbocycles. The first-order chi connectivity index (χ1) is 13.6. The Bertz CT molecular complexity index is 909. The van der Waals surface area contributed by atoms with Crippen molar-refractivity contribution in [3.05, 3.63) is 59.6 Å². The maximum atomic E-state index is 12.9. The summed E-state index contributed by atoms with van der Waals surface area (Å²) >= 11 is 0. The summed E-state index contributed by atoms with van der Waals surface area (Å²) in [5, 5.41) is 11.0. The fraction of sp³-hybridized carbons (Fsp3) is 0.364. The van der Waals surface area contributed by atoms with Crippen molar-refractivity contribution in [2.24, 2.45) is 0 Å². The van der Waals surface area contributed by atoms with Crippen molar-refractivity contribution in [3.63, 3.8) is 0 Å². The number of carbonyl (C=O) groups excluding carboxylic acids is 2. The van der Waals surface area contributed by atoms with E-state index in [1.807, 2.05) is 6.92 Å². The molecule has 0 spiro atoms. The molecule has 28 heavy (non-hydrogen) atoms. The first-order valence-electron chi connectivity index (χ1n) is 9.68. The first-order valence-corrected chi connectivity index (χ1v) is 9.68. The van der Waals surface area contributed by atoms with Gasteiger partial charge in [0.15, 0.2) is 0 Å². The van der Waals surface area contributed by atoms with Crippen LogP contribution in [-0.2, 0) is 9.59 Å². The Labute approximate surface area is 163 Å². The molecule has 1 amide bonds. The Balaban J connectivity index is 1.83. The van der Waals surface area contributed by atoms with Gasteiger partial charge in [0, 0.05) is 11.6 Å². The third-order valence-corrected chi connectivity index (χ3v) is 5.43. The van der Waals surface area contributed by atoms with Crippen LogP contribution in [0.5, 0.6) is 5.75 Å². The van der Waals surface area contributed by atoms with Gasteiger partial charge in [-0.15, -0.1) is 0 Å². The summed E-state index contributed by atoms with van der Waals surface area (Å²) in [6, 6.07) is 9.61. The number of aliphatic hydroxyl groups is 1. The van der Waals surface area contributed by atoms with Crippen LogP contribution in [0.2, 0.25) is 0 Å². The standard InChI is InChI=1S/C22H23NO5/c1-2-27-16-10-5-7-14(13-16)20(24)18-19(17-11-6-12-28-17)23(22(26)21(18)25)15-8-3-4-9-15/h5-7,10-13,15,19,24H,2-4,8-9H2,1H3/b20-18-. The highest BCUT2D eigenvalue weighted by molar-refractivity contribution is 6.46. The van der Waals surface area contributed by atoms with E-state index in [2.05, 4.69) is 0 Å². The van der Waals surface area contributed by atoms with E-state index >= 15 is 0 Å². The van der Waals surface area contributed by atoms with E-state index < -0.39 is 17.7 Å². The lowest BCUT2D eigenvalue weighted by Crippen LogP contribution is -2.37. The minimum atomic E-state index is -0.714. The van der Waals surface area contributed by atoms with Crippen molar-refractivity contribution in [2.45, 2.75) is 44.7 Å². The molecule has 6 nitrogen and oxygen atoms in total. The molecule has 1 atom stereocenters. The molecule has 2 fully saturated rings. The number of Topliss-reactive ketones (excluding diaryl/α,β-unsaturated/α-hetero) is 1. The molecule has 1 aliphatic heterocycles. The normalized spacial score (nSPS) is 22.2. The van der Waals surface area contributed by atoms with Crippen LogP contribution in [0.25, 0.3) is 5.76 Å². The van der Waals surface area contributed by atoms with Crippen LogP contribution < -0.4 is 4.74 Å². The molecule has 2 aliphatic rings. The molecule has 0 radical (unpaired) electrons. The van der Waals surface area contributed by atoms with E-state index in [0.717, 1.165) is 25.7 Å². The summed E-state index contributed by atoms with van der Waals surface area (Å²) in [4.78, 5) is 27.4. The second-order valence-corrected chi connectivity index (χ2v) is 7.12. The molecule has 1 saturated carbocycles. The van der Waals surface area contributed by atoms with Gasteiger partial charge in [-0.05, 0) is 44.0 Å². The zero-order valence-electron chi connectivity index (χ0n) is 15.8. The number of furan rings is 1. The van der Waals surface area contributed by atoms with Crippen molar-refractivity contribution >= 4 is 17.4 Å². The second kappa shape index (κ2) is 7.54. The number of hydrogen-bond donors (Lipinski definition) is 1. The largest absolute Gasteiger partial charge is 0.507 e. The van der Waals surface area contributed by atoms with Crippen molar-refractivity contribution in [1.82, 2.24) is 4.90 Å². The lowest BCUT2D eigenvalue weighted by atomic mass is 9.98. The van der Waals surface area contributed by atoms with Crippen molar-refractivity contribution in [2.75, 3.05) is 6.61 Å². The van der Waals surface area contributed by atoms with Crippen LogP contribution in [0.1, 0.15) is 50.0 Å². The highest BCUT2D eigenvalue weighted by Gasteiger charge is 2.50. The smallest absolute Gasteiger partial charge is 0.296 e. The molecule has 2 aromatic rings. The average Bonchev–Trinajstić information content (AvgIpc) is 3.44. The zero-order valence-corrected chi connectivity index (χ0v) is 15.8. The zero-order chi connectivity index (χ0) is 19.7. The van der Waals surface area contributed by atoms with Gasteiger partial charge in [-0.3, -0.25) is 9.59 Å². The lowest BCUT2D eigenvalue weighted by Gasteiger charge is -2.29. The van der Waals surface area contributed by atoms with Crippen molar-refractivity contribution in [3.8, 4) is 5.75 Å². The predicted molar refractivity (Wildman–Crippen MR) is 103 cm³/mol. The Morgan fingerprint density at radius 2 is 2.00 bits per heavy atom. The van der Waals surface area contributed by atoms with Gasteiger partial charge in [-0.25, -0.2) is 0 Å². The third-order valence-electron chi connectivity index (χ3n) is 5.43. The summed E-state index contributed by atoms with van der Waals surface area (Å²) in [5.41, 5.74) is 0.507. The number of nitrogens with zero attached hydrogens (tertiary/aromatic N) is 1. The topological polar surface area (TPSA) is 80.0 Å². The SMILES string of the molecule is CCOc1cccc(/C(O)=C2/C(=O)C(=O)N(C3CCCC3)C2c2ccco2)c1. The van der Waals surface area contributed by atoms with Gasteiger partial charge in [0.05, 0.1) is 18.4 Å². The highest BCUT2D eigenvalue weighted by Crippen LogP contribution is 2.43. The molecule has 4 rings (SSSR count). The van der Waals surface area contributed by atoms with E-state index in [1.54, 1.807) is 41.3 Å². The van der Waals surface area contributed by atoms with Crippen molar-refractivity contribution in [1.29, 1.82) is 0 Å². The van der Waals surface area contributed by atoms with Gasteiger partial charge in [0.1, 0.15) is 23.3 Å². The second-order valence-electron chi connectivity index (χ2n) is 7.12. The van der Waals surface area contributed by atoms with Crippen LogP contribution in [-0.4, -0.2) is 34.3 Å². The number of likely N-dealkylation sites (tertiary alicyclic amines) is 1. The minimum absolute atomic E-state index is 0.0217. The minimum Gasteiger partial charge on any atom is -0.507 e. The van der Waals surface area contributed by atoms with Gasteiger partial charge in [0.25, 0.3) is 11.7 Å². The molecule has 1 aromatic heterocycles. The Hall–Kier alpha value is -3.02.